The fourth-order valence-corrected chi connectivity index (χ4v) is 8.41. The van der Waals surface area contributed by atoms with E-state index in [9.17, 15) is 19.2 Å². The van der Waals surface area contributed by atoms with Crippen LogP contribution in [0.4, 0.5) is 0 Å². The van der Waals surface area contributed by atoms with E-state index in [-0.39, 0.29) is 35.5 Å². The Labute approximate surface area is 404 Å². The second-order valence-corrected chi connectivity index (χ2v) is 16.5. The van der Waals surface area contributed by atoms with Gasteiger partial charge in [0.25, 0.3) is 0 Å². The predicted molar refractivity (Wildman–Crippen MR) is 248 cm³/mol. The monoisotopic (exact) mass is 950 g/mol. The maximum Gasteiger partial charge on any atom is 0.338 e. The smallest absolute Gasteiger partial charge is 0.338 e. The minimum absolute atomic E-state index is 0.0933. The van der Waals surface area contributed by atoms with Crippen LogP contribution in [0.5, 0.6) is 0 Å². The van der Waals surface area contributed by atoms with Crippen LogP contribution in [0.25, 0.3) is 0 Å². The van der Waals surface area contributed by atoms with Gasteiger partial charge in [0.1, 0.15) is 37.1 Å². The van der Waals surface area contributed by atoms with Gasteiger partial charge >= 0.3 is 23.9 Å². The highest BCUT2D eigenvalue weighted by Gasteiger charge is 2.58. The highest BCUT2D eigenvalue weighted by molar-refractivity contribution is 5.91. The normalized spacial score (nSPS) is 26.2. The predicted octanol–water partition coefficient (Wildman–Crippen LogP) is 7.70. The number of fused-ring (bicyclic) bond motifs is 1. The molecule has 3 saturated heterocycles. The van der Waals surface area contributed by atoms with Crippen molar-refractivity contribution in [3.63, 3.8) is 0 Å². The van der Waals surface area contributed by atoms with Crippen LogP contribution in [0, 0.1) is 0 Å². The summed E-state index contributed by atoms with van der Waals surface area (Å²) in [6.45, 7) is -0.373. The zero-order valence-corrected chi connectivity index (χ0v) is 37.9. The van der Waals surface area contributed by atoms with Crippen molar-refractivity contribution in [2.75, 3.05) is 20.3 Å². The highest BCUT2D eigenvalue weighted by Crippen LogP contribution is 2.40. The summed E-state index contributed by atoms with van der Waals surface area (Å²) in [6, 6.07) is 51.5. The Hall–Kier alpha value is -7.08. The number of esters is 4. The zero-order chi connectivity index (χ0) is 48.2. The second kappa shape index (κ2) is 23.0. The van der Waals surface area contributed by atoms with E-state index in [1.165, 1.54) is 31.4 Å². The van der Waals surface area contributed by atoms with Gasteiger partial charge in [-0.3, -0.25) is 0 Å². The summed E-state index contributed by atoms with van der Waals surface area (Å²) in [7, 11) is 1.43. The van der Waals surface area contributed by atoms with Crippen LogP contribution in [0.3, 0.4) is 0 Å². The van der Waals surface area contributed by atoms with Crippen LogP contribution < -0.4 is 0 Å². The third-order valence-corrected chi connectivity index (χ3v) is 11.9. The lowest BCUT2D eigenvalue weighted by atomic mass is 9.95. The molecule has 0 aliphatic carbocycles. The van der Waals surface area contributed by atoms with Gasteiger partial charge in [-0.1, -0.05) is 133 Å². The van der Waals surface area contributed by atoms with E-state index < -0.39 is 98.2 Å². The molecule has 3 fully saturated rings. The van der Waals surface area contributed by atoms with E-state index in [1.54, 1.807) is 97.1 Å². The highest BCUT2D eigenvalue weighted by atomic mass is 16.8. The molecule has 11 atom stereocenters. The first-order valence-electron chi connectivity index (χ1n) is 22.8. The molecule has 0 N–H and O–H groups in total. The van der Waals surface area contributed by atoms with Gasteiger partial charge in [-0.25, -0.2) is 19.2 Å². The summed E-state index contributed by atoms with van der Waals surface area (Å²) >= 11 is 0. The number of hydrogen-bond acceptors (Lipinski definition) is 15. The fourth-order valence-electron chi connectivity index (χ4n) is 8.41. The van der Waals surface area contributed by atoms with Crippen LogP contribution in [0.2, 0.25) is 0 Å². The number of rotatable bonds is 16. The van der Waals surface area contributed by atoms with Crippen LogP contribution in [-0.4, -0.2) is 106 Å². The molecule has 15 heteroatoms. The van der Waals surface area contributed by atoms with Gasteiger partial charge in [0.05, 0.1) is 35.5 Å². The average molecular weight is 951 g/mol. The number of hydrogen-bond donors (Lipinski definition) is 0. The molecule has 15 nitrogen and oxygen atoms in total. The number of methoxy groups -OCH3 is 1. The minimum Gasteiger partial charge on any atom is -0.459 e. The summed E-state index contributed by atoms with van der Waals surface area (Å²) in [5.41, 5.74) is 2.23. The molecule has 70 heavy (non-hydrogen) atoms. The maximum atomic E-state index is 14.3. The van der Waals surface area contributed by atoms with E-state index in [1.807, 2.05) is 60.7 Å². The van der Waals surface area contributed by atoms with E-state index in [0.717, 1.165) is 11.1 Å². The quantitative estimate of drug-likeness (QED) is 0.0683. The molecule has 6 aromatic rings. The molecule has 360 valence electrons. The van der Waals surface area contributed by atoms with E-state index in [0.29, 0.717) is 0 Å². The lowest BCUT2D eigenvalue weighted by molar-refractivity contribution is -0.394. The molecule has 3 aliphatic heterocycles. The van der Waals surface area contributed by atoms with Crippen molar-refractivity contribution in [2.45, 2.75) is 74.3 Å². The molecule has 9 rings (SSSR count). The Morgan fingerprint density at radius 1 is 0.486 bits per heavy atom. The van der Waals surface area contributed by atoms with Gasteiger partial charge < -0.3 is 52.1 Å². The molecular formula is C55H50O15. The first-order chi connectivity index (χ1) is 34.3. The van der Waals surface area contributed by atoms with Crippen LogP contribution >= 0.6 is 0 Å². The van der Waals surface area contributed by atoms with Crippen molar-refractivity contribution >= 4 is 23.9 Å². The Kier molecular flexibility index (Phi) is 15.8. The van der Waals surface area contributed by atoms with Crippen molar-refractivity contribution in [1.82, 2.24) is 0 Å². The summed E-state index contributed by atoms with van der Waals surface area (Å²) in [5.74, 6) is -3.29. The Bertz CT molecular complexity index is 2620. The maximum absolute atomic E-state index is 14.3. The Morgan fingerprint density at radius 3 is 1.49 bits per heavy atom. The van der Waals surface area contributed by atoms with E-state index in [4.69, 9.17) is 52.1 Å². The summed E-state index contributed by atoms with van der Waals surface area (Å²) in [6.07, 6.45) is -13.9. The van der Waals surface area contributed by atoms with Crippen molar-refractivity contribution in [1.29, 1.82) is 0 Å². The summed E-state index contributed by atoms with van der Waals surface area (Å²) in [4.78, 5) is 56.3. The molecule has 0 radical (unpaired) electrons. The third kappa shape index (κ3) is 11.5. The number of carbonyl (C=O) groups excluding carboxylic acids is 4. The Morgan fingerprint density at radius 2 is 0.957 bits per heavy atom. The topological polar surface area (TPSA) is 170 Å². The summed E-state index contributed by atoms with van der Waals surface area (Å²) in [5, 5.41) is 0. The molecule has 0 unspecified atom stereocenters. The van der Waals surface area contributed by atoms with Gasteiger partial charge in [-0.15, -0.1) is 0 Å². The van der Waals surface area contributed by atoms with Gasteiger partial charge in [0.2, 0.25) is 0 Å². The van der Waals surface area contributed by atoms with Crippen molar-refractivity contribution < 1.29 is 71.3 Å². The lowest BCUT2D eigenvalue weighted by Crippen LogP contribution is -2.67. The lowest BCUT2D eigenvalue weighted by Gasteiger charge is -2.51. The van der Waals surface area contributed by atoms with Crippen LogP contribution in [0.15, 0.2) is 182 Å². The van der Waals surface area contributed by atoms with Gasteiger partial charge in [0.15, 0.2) is 37.2 Å². The molecule has 0 bridgehead atoms. The average Bonchev–Trinajstić information content (AvgIpc) is 3.42. The third-order valence-electron chi connectivity index (χ3n) is 11.9. The molecule has 0 spiro atoms. The Balaban J connectivity index is 1.13. The molecule has 6 aromatic carbocycles. The first-order valence-corrected chi connectivity index (χ1v) is 22.8. The number of carbonyl (C=O) groups is 4. The molecule has 0 saturated carbocycles. The molecule has 3 heterocycles. The summed E-state index contributed by atoms with van der Waals surface area (Å²) < 4.78 is 70.5. The molecule has 0 amide bonds. The SMILES string of the molecule is CO[C@H]1O[C@@H]2CO[C@@H](c3ccccc3)O[C@H]2[C@H](OCc2ccccc2)[C@H]1O[C@@H]1O[C@H](COC(=O)c2ccccc2)[C@@H](OC(=O)c2ccccc2)[C@H](OC(=O)c2ccccc2)[C@H]1OC(=O)c1ccccc1. The number of ether oxygens (including phenoxy) is 11. The number of benzene rings is 6. The zero-order valence-electron chi connectivity index (χ0n) is 37.9. The second-order valence-electron chi connectivity index (χ2n) is 16.5. The largest absolute Gasteiger partial charge is 0.459 e. The molecular weight excluding hydrogens is 901 g/mol. The van der Waals surface area contributed by atoms with E-state index in [2.05, 4.69) is 0 Å². The molecule has 3 aliphatic rings. The fraction of sp³-hybridized carbons (Fsp3) is 0.273. The molecule has 0 aromatic heterocycles. The van der Waals surface area contributed by atoms with Gasteiger partial charge in [-0.2, -0.15) is 0 Å². The van der Waals surface area contributed by atoms with Crippen LogP contribution in [0.1, 0.15) is 58.8 Å². The standard InChI is InChI=1S/C55H50O15/c1-60-54-47(45(61-32-35-20-8-2-9-21-35)43-42(64-54)34-63-53(69-43)40-30-18-7-19-31-40)70-55-48(68-52(59)39-28-16-6-17-29-39)46(67-51(58)38-26-14-5-15-27-38)44(66-50(57)37-24-12-4-13-25-37)41(65-55)33-62-49(56)36-22-10-3-11-23-36/h2-31,41-48,53-55H,32-34H2,1H3/t41-,42-,43-,44-,45+,46+,47-,48-,53-,54+,55+/m1/s1. The van der Waals surface area contributed by atoms with Crippen molar-refractivity contribution in [2.24, 2.45) is 0 Å². The minimum atomic E-state index is -1.70. The van der Waals surface area contributed by atoms with E-state index >= 15 is 0 Å². The van der Waals surface area contributed by atoms with Crippen molar-refractivity contribution in [3.8, 4) is 0 Å². The van der Waals surface area contributed by atoms with Gasteiger partial charge in [-0.05, 0) is 54.1 Å². The first kappa shape index (κ1) is 48.0. The van der Waals surface area contributed by atoms with Crippen molar-refractivity contribution in [3.05, 3.63) is 215 Å². The van der Waals surface area contributed by atoms with Gasteiger partial charge in [0, 0.05) is 12.7 Å². The van der Waals surface area contributed by atoms with Crippen LogP contribution in [-0.2, 0) is 58.7 Å².